The van der Waals surface area contributed by atoms with Gasteiger partial charge in [-0.05, 0) is 67.3 Å². The lowest BCUT2D eigenvalue weighted by atomic mass is 10.1. The minimum atomic E-state index is -3.78. The van der Waals surface area contributed by atoms with Crippen molar-refractivity contribution >= 4 is 15.9 Å². The van der Waals surface area contributed by atoms with Crippen LogP contribution in [0.25, 0.3) is 0 Å². The number of carbonyl (C=O) groups excluding carboxylic acids is 1. The van der Waals surface area contributed by atoms with Gasteiger partial charge in [-0.1, -0.05) is 0 Å². The smallest absolute Gasteiger partial charge is 0.257 e. The van der Waals surface area contributed by atoms with Gasteiger partial charge in [-0.2, -0.15) is 0 Å². The van der Waals surface area contributed by atoms with Gasteiger partial charge in [0.15, 0.2) is 0 Å². The fourth-order valence-corrected chi connectivity index (χ4v) is 5.91. The zero-order valence-corrected chi connectivity index (χ0v) is 21.7. The van der Waals surface area contributed by atoms with Gasteiger partial charge in [0.25, 0.3) is 5.91 Å². The highest BCUT2D eigenvalue weighted by Crippen LogP contribution is 2.26. The minimum absolute atomic E-state index is 0.0523. The third kappa shape index (κ3) is 6.13. The van der Waals surface area contributed by atoms with Crippen molar-refractivity contribution in [3.8, 4) is 5.75 Å². The van der Waals surface area contributed by atoms with Gasteiger partial charge in [-0.15, -0.1) is 0 Å². The molecule has 0 atom stereocenters. The van der Waals surface area contributed by atoms with Gasteiger partial charge in [0.1, 0.15) is 17.8 Å². The number of benzene rings is 1. The highest BCUT2D eigenvalue weighted by Gasteiger charge is 2.24. The van der Waals surface area contributed by atoms with E-state index >= 15 is 0 Å². The molecule has 10 heteroatoms. The third-order valence-electron chi connectivity index (χ3n) is 6.40. The summed E-state index contributed by atoms with van der Waals surface area (Å²) in [6.45, 7) is 7.23. The number of amides is 1. The molecule has 9 nitrogen and oxygen atoms in total. The minimum Gasteiger partial charge on any atom is -0.497 e. The number of nitrogens with zero attached hydrogens (tertiary/aromatic N) is 3. The number of aromatic nitrogens is 1. The van der Waals surface area contributed by atoms with Crippen LogP contribution in [0.4, 0.5) is 0 Å². The van der Waals surface area contributed by atoms with E-state index in [1.165, 1.54) is 11.8 Å². The summed E-state index contributed by atoms with van der Waals surface area (Å²) in [6, 6.07) is 9.02. The molecule has 36 heavy (non-hydrogen) atoms. The van der Waals surface area contributed by atoms with Crippen molar-refractivity contribution in [3.63, 3.8) is 0 Å². The van der Waals surface area contributed by atoms with Crippen molar-refractivity contribution in [2.45, 2.75) is 31.7 Å². The molecule has 0 radical (unpaired) electrons. The first-order valence-electron chi connectivity index (χ1n) is 11.9. The molecule has 0 spiro atoms. The number of aryl methyl sites for hydroxylation is 2. The summed E-state index contributed by atoms with van der Waals surface area (Å²) in [4.78, 5) is 21.4. The average Bonchev–Trinajstić information content (AvgIpc) is 3.35. The molecule has 3 aromatic rings. The lowest BCUT2D eigenvalue weighted by Gasteiger charge is -2.34. The van der Waals surface area contributed by atoms with Gasteiger partial charge in [0.05, 0.1) is 24.1 Å². The van der Waals surface area contributed by atoms with Crippen LogP contribution in [-0.4, -0.2) is 68.9 Å². The standard InChI is InChI=1S/C26H32N4O5S/c1-19-14-23(34-3)15-20(2)25(19)36(32,33)28-17-24-16-22(18-35-24)26(31)30-12-10-29(11-13-30)9-6-21-4-7-27-8-5-21/h4-5,7-8,14-16,18,28H,6,9-13,17H2,1-3H3. The van der Waals surface area contributed by atoms with E-state index in [2.05, 4.69) is 14.6 Å². The number of methoxy groups -OCH3 is 1. The van der Waals surface area contributed by atoms with Crippen LogP contribution in [0, 0.1) is 13.8 Å². The first-order valence-corrected chi connectivity index (χ1v) is 13.4. The summed E-state index contributed by atoms with van der Waals surface area (Å²) < 4.78 is 39.2. The summed E-state index contributed by atoms with van der Waals surface area (Å²) in [7, 11) is -2.24. The van der Waals surface area contributed by atoms with E-state index in [1.807, 2.05) is 17.0 Å². The molecule has 2 aromatic heterocycles. The molecule has 1 N–H and O–H groups in total. The summed E-state index contributed by atoms with van der Waals surface area (Å²) >= 11 is 0. The Balaban J connectivity index is 1.30. The van der Waals surface area contributed by atoms with Gasteiger partial charge in [-0.25, -0.2) is 13.1 Å². The Bertz CT molecular complexity index is 1280. The fourth-order valence-electron chi connectivity index (χ4n) is 4.47. The Morgan fingerprint density at radius 2 is 1.75 bits per heavy atom. The second-order valence-corrected chi connectivity index (χ2v) is 10.7. The van der Waals surface area contributed by atoms with E-state index in [-0.39, 0.29) is 17.3 Å². The molecule has 1 fully saturated rings. The second kappa shape index (κ2) is 11.2. The molecular formula is C26H32N4O5S. The van der Waals surface area contributed by atoms with Crippen molar-refractivity contribution in [2.24, 2.45) is 0 Å². The second-order valence-electron chi connectivity index (χ2n) is 8.96. The number of pyridine rings is 1. The Labute approximate surface area is 212 Å². The maximum Gasteiger partial charge on any atom is 0.257 e. The summed E-state index contributed by atoms with van der Waals surface area (Å²) in [6.07, 6.45) is 5.95. The molecule has 0 aliphatic carbocycles. The third-order valence-corrected chi connectivity index (χ3v) is 8.11. The molecule has 1 aliphatic rings. The van der Waals surface area contributed by atoms with E-state index < -0.39 is 10.0 Å². The SMILES string of the molecule is COc1cc(C)c(S(=O)(=O)NCc2cc(C(=O)N3CCN(CCc4ccncc4)CC3)co2)c(C)c1. The van der Waals surface area contributed by atoms with E-state index in [4.69, 9.17) is 9.15 Å². The molecule has 0 unspecified atom stereocenters. The van der Waals surface area contributed by atoms with Gasteiger partial charge in [-0.3, -0.25) is 14.7 Å². The number of carbonyl (C=O) groups is 1. The number of piperazine rings is 1. The average molecular weight is 513 g/mol. The number of hydrogen-bond acceptors (Lipinski definition) is 7. The number of ether oxygens (including phenoxy) is 1. The monoisotopic (exact) mass is 512 g/mol. The van der Waals surface area contributed by atoms with Crippen LogP contribution in [0.2, 0.25) is 0 Å². The van der Waals surface area contributed by atoms with Crippen LogP contribution in [0.15, 0.2) is 58.3 Å². The molecule has 1 amide bonds. The Hall–Kier alpha value is -3.21. The van der Waals surface area contributed by atoms with E-state index in [0.717, 1.165) is 26.1 Å². The maximum atomic E-state index is 13.0. The van der Waals surface area contributed by atoms with Crippen molar-refractivity contribution in [3.05, 3.63) is 77.0 Å². The normalized spacial score (nSPS) is 14.7. The van der Waals surface area contributed by atoms with E-state index in [1.54, 1.807) is 51.6 Å². The molecule has 1 saturated heterocycles. The Morgan fingerprint density at radius 3 is 2.39 bits per heavy atom. The first kappa shape index (κ1) is 25.9. The number of furan rings is 1. The summed E-state index contributed by atoms with van der Waals surface area (Å²) in [5.41, 5.74) is 2.86. The molecule has 1 aromatic carbocycles. The molecule has 192 valence electrons. The molecular weight excluding hydrogens is 480 g/mol. The maximum absolute atomic E-state index is 13.0. The van der Waals surface area contributed by atoms with Crippen molar-refractivity contribution < 1.29 is 22.4 Å². The van der Waals surface area contributed by atoms with Crippen LogP contribution in [0.1, 0.15) is 32.8 Å². The highest BCUT2D eigenvalue weighted by atomic mass is 32.2. The van der Waals surface area contributed by atoms with Crippen LogP contribution < -0.4 is 9.46 Å². The zero-order chi connectivity index (χ0) is 25.7. The van der Waals surface area contributed by atoms with Crippen LogP contribution in [0.5, 0.6) is 5.75 Å². The number of rotatable bonds is 9. The molecule has 4 rings (SSSR count). The van der Waals surface area contributed by atoms with E-state index in [0.29, 0.717) is 41.3 Å². The van der Waals surface area contributed by atoms with Gasteiger partial charge >= 0.3 is 0 Å². The Kier molecular flexibility index (Phi) is 8.07. The van der Waals surface area contributed by atoms with Crippen molar-refractivity contribution in [2.75, 3.05) is 39.8 Å². The van der Waals surface area contributed by atoms with Crippen LogP contribution in [0.3, 0.4) is 0 Å². The van der Waals surface area contributed by atoms with Crippen LogP contribution >= 0.6 is 0 Å². The number of hydrogen-bond donors (Lipinski definition) is 1. The van der Waals surface area contributed by atoms with Crippen LogP contribution in [-0.2, 0) is 23.0 Å². The predicted molar refractivity (Wildman–Crippen MR) is 135 cm³/mol. The Morgan fingerprint density at radius 1 is 1.08 bits per heavy atom. The summed E-state index contributed by atoms with van der Waals surface area (Å²) in [5.74, 6) is 0.873. The first-order chi connectivity index (χ1) is 17.3. The topological polar surface area (TPSA) is 105 Å². The van der Waals surface area contributed by atoms with Crippen molar-refractivity contribution in [1.29, 1.82) is 0 Å². The molecule has 0 bridgehead atoms. The van der Waals surface area contributed by atoms with Gasteiger partial charge in [0.2, 0.25) is 10.0 Å². The lowest BCUT2D eigenvalue weighted by molar-refractivity contribution is 0.0638. The van der Waals surface area contributed by atoms with E-state index in [9.17, 15) is 13.2 Å². The van der Waals surface area contributed by atoms with Crippen molar-refractivity contribution in [1.82, 2.24) is 19.5 Å². The quantitative estimate of drug-likeness (QED) is 0.470. The summed E-state index contributed by atoms with van der Waals surface area (Å²) in [5, 5.41) is 0. The molecule has 1 aliphatic heterocycles. The van der Waals surface area contributed by atoms with Gasteiger partial charge in [0, 0.05) is 45.1 Å². The largest absolute Gasteiger partial charge is 0.497 e. The molecule has 0 saturated carbocycles. The van der Waals surface area contributed by atoms with Gasteiger partial charge < -0.3 is 14.1 Å². The number of sulfonamides is 1. The lowest BCUT2D eigenvalue weighted by Crippen LogP contribution is -2.49. The number of nitrogens with one attached hydrogen (secondary N) is 1. The highest BCUT2D eigenvalue weighted by molar-refractivity contribution is 7.89. The predicted octanol–water partition coefficient (Wildman–Crippen LogP) is 2.78. The molecule has 3 heterocycles. The zero-order valence-electron chi connectivity index (χ0n) is 20.9. The fraction of sp³-hybridized carbons (Fsp3) is 0.385.